The fourth-order valence-corrected chi connectivity index (χ4v) is 2.24. The maximum atomic E-state index is 5.75. The molecule has 1 N–H and O–H groups in total. The Bertz CT molecular complexity index is 376. The van der Waals surface area contributed by atoms with Crippen LogP contribution in [-0.2, 0) is 0 Å². The molecule has 94 valence electrons. The average molecular weight is 235 g/mol. The first kappa shape index (κ1) is 12.2. The van der Waals surface area contributed by atoms with Crippen molar-refractivity contribution in [3.05, 3.63) is 23.8 Å². The van der Waals surface area contributed by atoms with Crippen molar-refractivity contribution < 1.29 is 9.47 Å². The molecule has 0 amide bonds. The van der Waals surface area contributed by atoms with Crippen LogP contribution < -0.4 is 14.8 Å². The van der Waals surface area contributed by atoms with E-state index in [1.54, 1.807) is 0 Å². The van der Waals surface area contributed by atoms with Crippen molar-refractivity contribution in [1.82, 2.24) is 5.32 Å². The highest BCUT2D eigenvalue weighted by molar-refractivity contribution is 5.49. The molecule has 3 heteroatoms. The van der Waals surface area contributed by atoms with Gasteiger partial charge in [-0.25, -0.2) is 0 Å². The largest absolute Gasteiger partial charge is 0.490 e. The zero-order chi connectivity index (χ0) is 12.3. The van der Waals surface area contributed by atoms with Crippen molar-refractivity contribution in [2.45, 2.75) is 39.3 Å². The molecule has 0 saturated heterocycles. The van der Waals surface area contributed by atoms with Crippen molar-refractivity contribution in [1.29, 1.82) is 0 Å². The van der Waals surface area contributed by atoms with Crippen molar-refractivity contribution in [3.8, 4) is 11.5 Å². The number of para-hydroxylation sites is 1. The van der Waals surface area contributed by atoms with E-state index in [1.807, 2.05) is 19.1 Å². The van der Waals surface area contributed by atoms with Crippen LogP contribution in [0, 0.1) is 0 Å². The Morgan fingerprint density at radius 3 is 3.00 bits per heavy atom. The van der Waals surface area contributed by atoms with E-state index in [4.69, 9.17) is 9.47 Å². The third kappa shape index (κ3) is 2.72. The molecule has 1 aromatic rings. The Balaban J connectivity index is 2.28. The molecule has 0 aromatic heterocycles. The van der Waals surface area contributed by atoms with Crippen LogP contribution in [0.2, 0.25) is 0 Å². The Kier molecular flexibility index (Phi) is 3.89. The number of hydrogen-bond donors (Lipinski definition) is 1. The molecule has 0 saturated carbocycles. The standard InChI is InChI=1S/C14H21NO2/c1-4-16-13-7-5-6-11-12(15-10(2)3)8-9-17-14(11)13/h5-7,10,12,15H,4,8-9H2,1-3H3. The van der Waals surface area contributed by atoms with Gasteiger partial charge in [-0.1, -0.05) is 26.0 Å². The van der Waals surface area contributed by atoms with E-state index in [-0.39, 0.29) is 0 Å². The van der Waals surface area contributed by atoms with Gasteiger partial charge in [0.05, 0.1) is 13.2 Å². The maximum Gasteiger partial charge on any atom is 0.165 e. The summed E-state index contributed by atoms with van der Waals surface area (Å²) in [7, 11) is 0. The second-order valence-corrected chi connectivity index (χ2v) is 4.62. The summed E-state index contributed by atoms with van der Waals surface area (Å²) in [6.07, 6.45) is 1.01. The van der Waals surface area contributed by atoms with E-state index in [9.17, 15) is 0 Å². The molecule has 0 bridgehead atoms. The summed E-state index contributed by atoms with van der Waals surface area (Å²) >= 11 is 0. The van der Waals surface area contributed by atoms with Gasteiger partial charge in [0.15, 0.2) is 11.5 Å². The minimum absolute atomic E-state index is 0.374. The molecule has 2 rings (SSSR count). The van der Waals surface area contributed by atoms with Crippen LogP contribution in [0.1, 0.15) is 38.8 Å². The summed E-state index contributed by atoms with van der Waals surface area (Å²) in [5.41, 5.74) is 1.22. The quantitative estimate of drug-likeness (QED) is 0.870. The summed E-state index contributed by atoms with van der Waals surface area (Å²) in [6.45, 7) is 7.75. The Morgan fingerprint density at radius 1 is 1.47 bits per heavy atom. The maximum absolute atomic E-state index is 5.75. The number of nitrogens with one attached hydrogen (secondary N) is 1. The van der Waals surface area contributed by atoms with Crippen LogP contribution in [0.3, 0.4) is 0 Å². The molecule has 0 fully saturated rings. The van der Waals surface area contributed by atoms with Crippen LogP contribution in [0.4, 0.5) is 0 Å². The zero-order valence-corrected chi connectivity index (χ0v) is 10.8. The van der Waals surface area contributed by atoms with E-state index < -0.39 is 0 Å². The summed E-state index contributed by atoms with van der Waals surface area (Å²) in [4.78, 5) is 0. The molecule has 1 aromatic carbocycles. The van der Waals surface area contributed by atoms with Crippen LogP contribution in [0.25, 0.3) is 0 Å². The fourth-order valence-electron chi connectivity index (χ4n) is 2.24. The normalized spacial score (nSPS) is 18.7. The molecule has 17 heavy (non-hydrogen) atoms. The van der Waals surface area contributed by atoms with Gasteiger partial charge in [0.25, 0.3) is 0 Å². The minimum atomic E-state index is 0.374. The molecule has 1 heterocycles. The van der Waals surface area contributed by atoms with Gasteiger partial charge in [0.1, 0.15) is 0 Å². The summed E-state index contributed by atoms with van der Waals surface area (Å²) in [5, 5.41) is 3.57. The molecule has 0 spiro atoms. The Labute approximate surface area is 103 Å². The topological polar surface area (TPSA) is 30.5 Å². The van der Waals surface area contributed by atoms with E-state index in [0.29, 0.717) is 18.7 Å². The first-order chi connectivity index (χ1) is 8.22. The lowest BCUT2D eigenvalue weighted by Gasteiger charge is -2.29. The predicted octanol–water partition coefficient (Wildman–Crippen LogP) is 2.91. The summed E-state index contributed by atoms with van der Waals surface area (Å²) < 4.78 is 11.4. The molecule has 1 aliphatic rings. The first-order valence-electron chi connectivity index (χ1n) is 6.37. The monoisotopic (exact) mass is 235 g/mol. The lowest BCUT2D eigenvalue weighted by Crippen LogP contribution is -2.32. The molecule has 1 atom stereocenters. The molecule has 0 aliphatic carbocycles. The van der Waals surface area contributed by atoms with Gasteiger partial charge in [-0.3, -0.25) is 0 Å². The van der Waals surface area contributed by atoms with Gasteiger partial charge in [-0.15, -0.1) is 0 Å². The number of ether oxygens (including phenoxy) is 2. The van der Waals surface area contributed by atoms with Crippen molar-refractivity contribution in [2.75, 3.05) is 13.2 Å². The molecule has 0 radical (unpaired) electrons. The summed E-state index contributed by atoms with van der Waals surface area (Å²) in [5.74, 6) is 1.78. The Morgan fingerprint density at radius 2 is 2.29 bits per heavy atom. The highest BCUT2D eigenvalue weighted by Gasteiger charge is 2.24. The highest BCUT2D eigenvalue weighted by atomic mass is 16.5. The summed E-state index contributed by atoms with van der Waals surface area (Å²) in [6, 6.07) is 6.98. The molecule has 1 unspecified atom stereocenters. The Hall–Kier alpha value is -1.22. The smallest absolute Gasteiger partial charge is 0.165 e. The van der Waals surface area contributed by atoms with Gasteiger partial charge < -0.3 is 14.8 Å². The lowest BCUT2D eigenvalue weighted by atomic mass is 9.99. The van der Waals surface area contributed by atoms with Crippen LogP contribution in [-0.4, -0.2) is 19.3 Å². The zero-order valence-electron chi connectivity index (χ0n) is 10.8. The van der Waals surface area contributed by atoms with Gasteiger partial charge in [0.2, 0.25) is 0 Å². The van der Waals surface area contributed by atoms with Crippen LogP contribution in [0.15, 0.2) is 18.2 Å². The average Bonchev–Trinajstić information content (AvgIpc) is 2.30. The first-order valence-corrected chi connectivity index (χ1v) is 6.37. The SMILES string of the molecule is CCOc1cccc2c1OCCC2NC(C)C. The van der Waals surface area contributed by atoms with E-state index in [0.717, 1.165) is 24.5 Å². The molecule has 1 aliphatic heterocycles. The number of benzene rings is 1. The fraction of sp³-hybridized carbons (Fsp3) is 0.571. The van der Waals surface area contributed by atoms with Crippen LogP contribution in [0.5, 0.6) is 11.5 Å². The third-order valence-corrected chi connectivity index (χ3v) is 2.87. The van der Waals surface area contributed by atoms with Crippen LogP contribution >= 0.6 is 0 Å². The molecule has 3 nitrogen and oxygen atoms in total. The number of fused-ring (bicyclic) bond motifs is 1. The molecular formula is C14H21NO2. The van der Waals surface area contributed by atoms with Gasteiger partial charge in [0, 0.05) is 24.1 Å². The second-order valence-electron chi connectivity index (χ2n) is 4.62. The van der Waals surface area contributed by atoms with E-state index in [1.165, 1.54) is 5.56 Å². The number of hydrogen-bond acceptors (Lipinski definition) is 3. The molecular weight excluding hydrogens is 214 g/mol. The number of rotatable bonds is 4. The van der Waals surface area contributed by atoms with E-state index in [2.05, 4.69) is 25.2 Å². The van der Waals surface area contributed by atoms with Crippen molar-refractivity contribution in [2.24, 2.45) is 0 Å². The lowest BCUT2D eigenvalue weighted by molar-refractivity contribution is 0.228. The highest BCUT2D eigenvalue weighted by Crippen LogP contribution is 2.39. The van der Waals surface area contributed by atoms with Gasteiger partial charge >= 0.3 is 0 Å². The second kappa shape index (κ2) is 5.41. The third-order valence-electron chi connectivity index (χ3n) is 2.87. The van der Waals surface area contributed by atoms with Crippen molar-refractivity contribution in [3.63, 3.8) is 0 Å². The van der Waals surface area contributed by atoms with Gasteiger partial charge in [-0.2, -0.15) is 0 Å². The minimum Gasteiger partial charge on any atom is -0.490 e. The van der Waals surface area contributed by atoms with Gasteiger partial charge in [-0.05, 0) is 13.0 Å². The van der Waals surface area contributed by atoms with E-state index >= 15 is 0 Å². The van der Waals surface area contributed by atoms with Crippen molar-refractivity contribution >= 4 is 0 Å². The predicted molar refractivity (Wildman–Crippen MR) is 68.7 cm³/mol.